The normalized spacial score (nSPS) is 14.7. The summed E-state index contributed by atoms with van der Waals surface area (Å²) < 4.78 is 38.9. The van der Waals surface area contributed by atoms with Crippen LogP contribution in [0.1, 0.15) is 22.8 Å². The number of rotatable bonds is 3. The van der Waals surface area contributed by atoms with E-state index in [1.165, 1.54) is 13.0 Å². The number of nitrogens with one attached hydrogen (secondary N) is 1. The first-order valence-electron chi connectivity index (χ1n) is 8.94. The van der Waals surface area contributed by atoms with Crippen LogP contribution in [0.2, 0.25) is 5.02 Å². The third-order valence-electron chi connectivity index (χ3n) is 4.73. The van der Waals surface area contributed by atoms with Crippen molar-refractivity contribution < 1.29 is 22.8 Å². The van der Waals surface area contributed by atoms with Gasteiger partial charge >= 0.3 is 12.2 Å². The number of halogens is 4. The summed E-state index contributed by atoms with van der Waals surface area (Å²) in [4.78, 5) is 27.4. The minimum Gasteiger partial charge on any atom is -0.368 e. The van der Waals surface area contributed by atoms with E-state index < -0.39 is 22.8 Å². The molecular formula is C20H19ClF3N3O2. The number of hydrogen-bond donors (Lipinski definition) is 1. The Kier molecular flexibility index (Phi) is 6.02. The molecule has 2 aromatic rings. The number of alkyl halides is 3. The standard InChI is InChI=1S/C20H19ClF3N3O2/c1-13(28)14-2-5-16(6-3-14)26-8-10-27(11-9-26)19(29)25-15-4-7-18(21)17(12-15)20(22,23)24/h2-7,12H,8-11H2,1H3,(H,25,29). The van der Waals surface area contributed by atoms with E-state index in [1.54, 1.807) is 17.0 Å². The van der Waals surface area contributed by atoms with Crippen molar-refractivity contribution in [3.63, 3.8) is 0 Å². The van der Waals surface area contributed by atoms with E-state index in [1.807, 2.05) is 12.1 Å². The van der Waals surface area contributed by atoms with E-state index in [2.05, 4.69) is 10.2 Å². The van der Waals surface area contributed by atoms with Gasteiger partial charge in [-0.2, -0.15) is 13.2 Å². The largest absolute Gasteiger partial charge is 0.417 e. The summed E-state index contributed by atoms with van der Waals surface area (Å²) in [6.45, 7) is 3.48. The number of carbonyl (C=O) groups is 2. The van der Waals surface area contributed by atoms with Crippen LogP contribution in [0, 0.1) is 0 Å². The van der Waals surface area contributed by atoms with E-state index in [9.17, 15) is 22.8 Å². The van der Waals surface area contributed by atoms with Gasteiger partial charge in [0.05, 0.1) is 10.6 Å². The maximum atomic E-state index is 13.0. The van der Waals surface area contributed by atoms with Crippen molar-refractivity contribution in [2.45, 2.75) is 13.1 Å². The number of ketones is 1. The SMILES string of the molecule is CC(=O)c1ccc(N2CCN(C(=O)Nc3ccc(Cl)c(C(F)(F)F)c3)CC2)cc1. The lowest BCUT2D eigenvalue weighted by atomic mass is 10.1. The quantitative estimate of drug-likeness (QED) is 0.710. The fraction of sp³-hybridized carbons (Fsp3) is 0.300. The van der Waals surface area contributed by atoms with Crippen LogP contribution in [0.25, 0.3) is 0 Å². The molecule has 1 saturated heterocycles. The van der Waals surface area contributed by atoms with Gasteiger partial charge in [0.15, 0.2) is 5.78 Å². The Hall–Kier alpha value is -2.74. The Bertz CT molecular complexity index is 908. The molecule has 1 aliphatic heterocycles. The lowest BCUT2D eigenvalue weighted by molar-refractivity contribution is -0.137. The minimum atomic E-state index is -4.60. The van der Waals surface area contributed by atoms with Crippen molar-refractivity contribution in [3.05, 3.63) is 58.6 Å². The van der Waals surface area contributed by atoms with Crippen molar-refractivity contribution in [3.8, 4) is 0 Å². The van der Waals surface area contributed by atoms with Crippen LogP contribution >= 0.6 is 11.6 Å². The summed E-state index contributed by atoms with van der Waals surface area (Å²) in [6.07, 6.45) is -4.60. The summed E-state index contributed by atoms with van der Waals surface area (Å²) in [5.74, 6) is -0.00563. The van der Waals surface area contributed by atoms with Gasteiger partial charge < -0.3 is 15.1 Å². The molecule has 0 bridgehead atoms. The summed E-state index contributed by atoms with van der Waals surface area (Å²) in [5, 5.41) is 2.08. The molecule has 1 fully saturated rings. The highest BCUT2D eigenvalue weighted by Gasteiger charge is 2.33. The number of nitrogens with zero attached hydrogens (tertiary/aromatic N) is 2. The predicted molar refractivity (Wildman–Crippen MR) is 106 cm³/mol. The Morgan fingerprint density at radius 3 is 2.17 bits per heavy atom. The second-order valence-corrected chi connectivity index (χ2v) is 7.11. The van der Waals surface area contributed by atoms with Crippen molar-refractivity contribution in [2.24, 2.45) is 0 Å². The third-order valence-corrected chi connectivity index (χ3v) is 5.06. The molecule has 1 N–H and O–H groups in total. The summed E-state index contributed by atoms with van der Waals surface area (Å²) in [5.41, 5.74) is 0.625. The predicted octanol–water partition coefficient (Wildman–Crippen LogP) is 4.92. The average Bonchev–Trinajstić information content (AvgIpc) is 2.68. The molecule has 0 saturated carbocycles. The fourth-order valence-electron chi connectivity index (χ4n) is 3.10. The van der Waals surface area contributed by atoms with E-state index in [-0.39, 0.29) is 11.5 Å². The van der Waals surface area contributed by atoms with Crippen LogP contribution in [0.3, 0.4) is 0 Å². The van der Waals surface area contributed by atoms with Gasteiger partial charge in [0.1, 0.15) is 0 Å². The monoisotopic (exact) mass is 425 g/mol. The maximum Gasteiger partial charge on any atom is 0.417 e. The van der Waals surface area contributed by atoms with Gasteiger partial charge in [-0.15, -0.1) is 0 Å². The van der Waals surface area contributed by atoms with Gasteiger partial charge in [0.25, 0.3) is 0 Å². The molecule has 0 aromatic heterocycles. The molecule has 2 aromatic carbocycles. The molecule has 0 atom stereocenters. The highest BCUT2D eigenvalue weighted by molar-refractivity contribution is 6.31. The molecule has 0 unspecified atom stereocenters. The van der Waals surface area contributed by atoms with Crippen LogP contribution in [-0.2, 0) is 6.18 Å². The molecule has 154 valence electrons. The number of Topliss-reactive ketones (excluding diaryl/α,β-unsaturated/α-hetero) is 1. The van der Waals surface area contributed by atoms with Gasteiger partial charge in [-0.1, -0.05) is 11.6 Å². The number of piperazine rings is 1. The van der Waals surface area contributed by atoms with E-state index in [0.29, 0.717) is 31.7 Å². The zero-order valence-corrected chi connectivity index (χ0v) is 16.3. The Labute approximate surface area is 171 Å². The van der Waals surface area contributed by atoms with Crippen molar-refractivity contribution in [1.29, 1.82) is 0 Å². The van der Waals surface area contributed by atoms with Crippen molar-refractivity contribution in [1.82, 2.24) is 4.90 Å². The smallest absolute Gasteiger partial charge is 0.368 e. The summed E-state index contributed by atoms with van der Waals surface area (Å²) in [7, 11) is 0. The molecule has 29 heavy (non-hydrogen) atoms. The molecule has 0 aliphatic carbocycles. The zero-order valence-electron chi connectivity index (χ0n) is 15.6. The molecular weight excluding hydrogens is 407 g/mol. The fourth-order valence-corrected chi connectivity index (χ4v) is 3.32. The molecule has 1 aliphatic rings. The van der Waals surface area contributed by atoms with E-state index in [4.69, 9.17) is 11.6 Å². The first-order valence-corrected chi connectivity index (χ1v) is 9.31. The third kappa shape index (κ3) is 5.00. The molecule has 2 amide bonds. The molecule has 5 nitrogen and oxygen atoms in total. The Morgan fingerprint density at radius 2 is 1.62 bits per heavy atom. The van der Waals surface area contributed by atoms with Gasteiger partial charge in [0.2, 0.25) is 0 Å². The number of hydrogen-bond acceptors (Lipinski definition) is 3. The minimum absolute atomic E-state index is 0.00563. The molecule has 1 heterocycles. The van der Waals surface area contributed by atoms with Gasteiger partial charge in [-0.25, -0.2) is 4.79 Å². The number of urea groups is 1. The molecule has 3 rings (SSSR count). The first kappa shape index (κ1) is 21.0. The number of amides is 2. The highest BCUT2D eigenvalue weighted by Crippen LogP contribution is 2.36. The molecule has 0 spiro atoms. The van der Waals surface area contributed by atoms with Crippen LogP contribution in [-0.4, -0.2) is 42.9 Å². The summed E-state index contributed by atoms with van der Waals surface area (Å²) in [6, 6.07) is 10.0. The van der Waals surface area contributed by atoms with Gasteiger partial charge in [-0.3, -0.25) is 4.79 Å². The lowest BCUT2D eigenvalue weighted by Crippen LogP contribution is -2.50. The number of carbonyl (C=O) groups excluding carboxylic acids is 2. The highest BCUT2D eigenvalue weighted by atomic mass is 35.5. The number of anilines is 2. The van der Waals surface area contributed by atoms with Gasteiger partial charge in [-0.05, 0) is 49.4 Å². The van der Waals surface area contributed by atoms with E-state index in [0.717, 1.165) is 17.8 Å². The number of benzene rings is 2. The van der Waals surface area contributed by atoms with Crippen molar-refractivity contribution in [2.75, 3.05) is 36.4 Å². The average molecular weight is 426 g/mol. The summed E-state index contributed by atoms with van der Waals surface area (Å²) >= 11 is 5.60. The zero-order chi connectivity index (χ0) is 21.2. The van der Waals surface area contributed by atoms with Crippen LogP contribution in [0.4, 0.5) is 29.3 Å². The van der Waals surface area contributed by atoms with Crippen molar-refractivity contribution >= 4 is 34.8 Å². The second-order valence-electron chi connectivity index (χ2n) is 6.70. The first-order chi connectivity index (χ1) is 13.6. The molecule has 0 radical (unpaired) electrons. The van der Waals surface area contributed by atoms with Crippen LogP contribution < -0.4 is 10.2 Å². The lowest BCUT2D eigenvalue weighted by Gasteiger charge is -2.36. The maximum absolute atomic E-state index is 13.0. The van der Waals surface area contributed by atoms with Crippen LogP contribution in [0.5, 0.6) is 0 Å². The van der Waals surface area contributed by atoms with E-state index >= 15 is 0 Å². The van der Waals surface area contributed by atoms with Crippen LogP contribution in [0.15, 0.2) is 42.5 Å². The molecule has 9 heteroatoms. The van der Waals surface area contributed by atoms with Gasteiger partial charge in [0, 0.05) is 43.1 Å². The Balaban J connectivity index is 1.60. The topological polar surface area (TPSA) is 52.7 Å². The second kappa shape index (κ2) is 8.32. The Morgan fingerprint density at radius 1 is 1.00 bits per heavy atom.